The predicted molar refractivity (Wildman–Crippen MR) is 64.5 cm³/mol. The van der Waals surface area contributed by atoms with E-state index in [-0.39, 0.29) is 0 Å². The van der Waals surface area contributed by atoms with Crippen molar-refractivity contribution in [2.45, 2.75) is 38.8 Å². The lowest BCUT2D eigenvalue weighted by atomic mass is 9.85. The van der Waals surface area contributed by atoms with E-state index in [1.807, 2.05) is 6.20 Å². The van der Waals surface area contributed by atoms with Crippen molar-refractivity contribution < 1.29 is 4.74 Å². The average Bonchev–Trinajstić information content (AvgIpc) is 2.59. The van der Waals surface area contributed by atoms with Crippen LogP contribution >= 0.6 is 0 Å². The summed E-state index contributed by atoms with van der Waals surface area (Å²) in [6, 6.07) is 0.299. The molecule has 1 saturated carbocycles. The van der Waals surface area contributed by atoms with Crippen molar-refractivity contribution in [1.29, 1.82) is 0 Å². The Labute approximate surface area is 97.0 Å². The van der Waals surface area contributed by atoms with Gasteiger partial charge in [0.15, 0.2) is 0 Å². The smallest absolute Gasteiger partial charge is 0.203 e. The Bertz CT molecular complexity index is 320. The minimum absolute atomic E-state index is 0.299. The van der Waals surface area contributed by atoms with Gasteiger partial charge in [0.25, 0.3) is 0 Å². The van der Waals surface area contributed by atoms with Crippen molar-refractivity contribution in [3.05, 3.63) is 12.4 Å². The fourth-order valence-electron chi connectivity index (χ4n) is 2.06. The Kier molecular flexibility index (Phi) is 3.83. The van der Waals surface area contributed by atoms with E-state index in [2.05, 4.69) is 28.0 Å². The monoisotopic (exact) mass is 223 g/mol. The van der Waals surface area contributed by atoms with Gasteiger partial charge in [-0.1, -0.05) is 6.42 Å². The molecule has 0 spiro atoms. The molecular formula is C12H21N3O. The first-order valence-corrected chi connectivity index (χ1v) is 6.06. The van der Waals surface area contributed by atoms with Gasteiger partial charge < -0.3 is 14.6 Å². The standard InChI is InChI=1S/C12H21N3O/c1-10(9-16-2)14-12-13-6-7-15(12)8-11-4-3-5-11/h6-7,10-11H,3-5,8-9H2,1-2H3,(H,13,14). The lowest BCUT2D eigenvalue weighted by molar-refractivity contribution is 0.190. The normalized spacial score (nSPS) is 18.1. The van der Waals surface area contributed by atoms with Crippen molar-refractivity contribution in [3.8, 4) is 0 Å². The van der Waals surface area contributed by atoms with Gasteiger partial charge in [0.05, 0.1) is 6.61 Å². The van der Waals surface area contributed by atoms with E-state index in [4.69, 9.17) is 4.74 Å². The van der Waals surface area contributed by atoms with Gasteiger partial charge >= 0.3 is 0 Å². The summed E-state index contributed by atoms with van der Waals surface area (Å²) in [6.45, 7) is 3.91. The number of ether oxygens (including phenoxy) is 1. The Morgan fingerprint density at radius 2 is 2.44 bits per heavy atom. The summed E-state index contributed by atoms with van der Waals surface area (Å²) >= 11 is 0. The summed E-state index contributed by atoms with van der Waals surface area (Å²) in [4.78, 5) is 4.35. The van der Waals surface area contributed by atoms with Crippen LogP contribution in [0.1, 0.15) is 26.2 Å². The third kappa shape index (κ3) is 2.76. The minimum atomic E-state index is 0.299. The second-order valence-corrected chi connectivity index (χ2v) is 4.70. The molecule has 0 radical (unpaired) electrons. The van der Waals surface area contributed by atoms with Crippen LogP contribution in [0.15, 0.2) is 12.4 Å². The van der Waals surface area contributed by atoms with Crippen molar-refractivity contribution in [2.75, 3.05) is 19.0 Å². The van der Waals surface area contributed by atoms with Crippen molar-refractivity contribution in [1.82, 2.24) is 9.55 Å². The number of methoxy groups -OCH3 is 1. The molecule has 16 heavy (non-hydrogen) atoms. The molecule has 2 rings (SSSR count). The van der Waals surface area contributed by atoms with Gasteiger partial charge in [0.1, 0.15) is 0 Å². The van der Waals surface area contributed by atoms with Gasteiger partial charge in [0, 0.05) is 32.1 Å². The maximum Gasteiger partial charge on any atom is 0.203 e. The second kappa shape index (κ2) is 5.34. The molecule has 1 aliphatic carbocycles. The third-order valence-electron chi connectivity index (χ3n) is 3.19. The molecule has 1 atom stereocenters. The predicted octanol–water partition coefficient (Wildman–Crippen LogP) is 2.13. The number of aromatic nitrogens is 2. The highest BCUT2D eigenvalue weighted by molar-refractivity contribution is 5.27. The number of nitrogens with zero attached hydrogens (tertiary/aromatic N) is 2. The number of anilines is 1. The molecule has 0 aromatic carbocycles. The van der Waals surface area contributed by atoms with E-state index in [0.29, 0.717) is 12.6 Å². The van der Waals surface area contributed by atoms with Crippen LogP contribution in [0.5, 0.6) is 0 Å². The van der Waals surface area contributed by atoms with E-state index >= 15 is 0 Å². The molecule has 4 nitrogen and oxygen atoms in total. The van der Waals surface area contributed by atoms with Gasteiger partial charge in [0.2, 0.25) is 5.95 Å². The van der Waals surface area contributed by atoms with Crippen LogP contribution in [0.25, 0.3) is 0 Å². The summed E-state index contributed by atoms with van der Waals surface area (Å²) in [5.41, 5.74) is 0. The van der Waals surface area contributed by atoms with E-state index in [1.165, 1.54) is 19.3 Å². The summed E-state index contributed by atoms with van der Waals surface area (Å²) in [7, 11) is 1.72. The molecule has 1 aromatic rings. The third-order valence-corrected chi connectivity index (χ3v) is 3.19. The van der Waals surface area contributed by atoms with Crippen LogP contribution in [0.4, 0.5) is 5.95 Å². The molecule has 1 heterocycles. The number of rotatable bonds is 6. The van der Waals surface area contributed by atoms with E-state index < -0.39 is 0 Å². The summed E-state index contributed by atoms with van der Waals surface area (Å²) in [5.74, 6) is 1.82. The van der Waals surface area contributed by atoms with Crippen LogP contribution in [0.2, 0.25) is 0 Å². The molecular weight excluding hydrogens is 202 g/mol. The largest absolute Gasteiger partial charge is 0.383 e. The Hall–Kier alpha value is -1.03. The van der Waals surface area contributed by atoms with Crippen molar-refractivity contribution >= 4 is 5.95 Å². The van der Waals surface area contributed by atoms with Crippen molar-refractivity contribution in [3.63, 3.8) is 0 Å². The molecule has 0 aliphatic heterocycles. The fraction of sp³-hybridized carbons (Fsp3) is 0.750. The number of nitrogens with one attached hydrogen (secondary N) is 1. The topological polar surface area (TPSA) is 39.1 Å². The average molecular weight is 223 g/mol. The van der Waals surface area contributed by atoms with Gasteiger partial charge in [-0.2, -0.15) is 0 Å². The van der Waals surface area contributed by atoms with E-state index in [0.717, 1.165) is 18.4 Å². The van der Waals surface area contributed by atoms with Crippen LogP contribution in [0.3, 0.4) is 0 Å². The Morgan fingerprint density at radius 3 is 3.06 bits per heavy atom. The lowest BCUT2D eigenvalue weighted by Gasteiger charge is -2.26. The van der Waals surface area contributed by atoms with E-state index in [9.17, 15) is 0 Å². The molecule has 90 valence electrons. The summed E-state index contributed by atoms with van der Waals surface area (Å²) < 4.78 is 7.32. The first-order valence-electron chi connectivity index (χ1n) is 6.06. The van der Waals surface area contributed by atoms with Crippen LogP contribution in [-0.2, 0) is 11.3 Å². The first kappa shape index (κ1) is 11.5. The number of imidazole rings is 1. The molecule has 0 amide bonds. The van der Waals surface area contributed by atoms with Gasteiger partial charge in [-0.05, 0) is 25.7 Å². The second-order valence-electron chi connectivity index (χ2n) is 4.70. The van der Waals surface area contributed by atoms with Crippen LogP contribution < -0.4 is 5.32 Å². The minimum Gasteiger partial charge on any atom is -0.383 e. The maximum absolute atomic E-state index is 5.11. The zero-order valence-corrected chi connectivity index (χ0v) is 10.1. The summed E-state index contributed by atoms with van der Waals surface area (Å²) in [5, 5.41) is 3.37. The first-order chi connectivity index (χ1) is 7.79. The highest BCUT2D eigenvalue weighted by atomic mass is 16.5. The molecule has 1 N–H and O–H groups in total. The lowest BCUT2D eigenvalue weighted by Crippen LogP contribution is -2.25. The number of hydrogen-bond acceptors (Lipinski definition) is 3. The molecule has 0 saturated heterocycles. The number of hydrogen-bond donors (Lipinski definition) is 1. The molecule has 1 unspecified atom stereocenters. The highest BCUT2D eigenvalue weighted by Crippen LogP contribution is 2.28. The van der Waals surface area contributed by atoms with Gasteiger partial charge in [-0.3, -0.25) is 0 Å². The van der Waals surface area contributed by atoms with Gasteiger partial charge in [-0.25, -0.2) is 4.98 Å². The SMILES string of the molecule is COCC(C)Nc1nccn1CC1CCC1. The van der Waals surface area contributed by atoms with E-state index in [1.54, 1.807) is 7.11 Å². The molecule has 4 heteroatoms. The van der Waals surface area contributed by atoms with Gasteiger partial charge in [-0.15, -0.1) is 0 Å². The molecule has 1 aromatic heterocycles. The zero-order valence-electron chi connectivity index (χ0n) is 10.1. The molecule has 0 bridgehead atoms. The zero-order chi connectivity index (χ0) is 11.4. The summed E-state index contributed by atoms with van der Waals surface area (Å²) in [6.07, 6.45) is 8.04. The molecule has 1 aliphatic rings. The van der Waals surface area contributed by atoms with Crippen LogP contribution in [-0.4, -0.2) is 29.3 Å². The Morgan fingerprint density at radius 1 is 1.62 bits per heavy atom. The Balaban J connectivity index is 1.89. The quantitative estimate of drug-likeness (QED) is 0.803. The fourth-order valence-corrected chi connectivity index (χ4v) is 2.06. The maximum atomic E-state index is 5.11. The van der Waals surface area contributed by atoms with Crippen molar-refractivity contribution in [2.24, 2.45) is 5.92 Å². The molecule has 1 fully saturated rings. The highest BCUT2D eigenvalue weighted by Gasteiger charge is 2.19. The van der Waals surface area contributed by atoms with Crippen LogP contribution in [0, 0.1) is 5.92 Å².